The average molecular weight is 332 g/mol. The topological polar surface area (TPSA) is 83.1 Å². The van der Waals surface area contributed by atoms with Crippen LogP contribution in [0.5, 0.6) is 0 Å². The van der Waals surface area contributed by atoms with Crippen molar-refractivity contribution in [3.05, 3.63) is 40.9 Å². The fourth-order valence-corrected chi connectivity index (χ4v) is 2.50. The van der Waals surface area contributed by atoms with Crippen LogP contribution in [0.3, 0.4) is 0 Å². The molecule has 0 aliphatic heterocycles. The van der Waals surface area contributed by atoms with Crippen molar-refractivity contribution in [1.29, 1.82) is 0 Å². The highest BCUT2D eigenvalue weighted by atomic mass is 32.1. The lowest BCUT2D eigenvalue weighted by Crippen LogP contribution is -2.32. The second-order valence-electron chi connectivity index (χ2n) is 5.27. The van der Waals surface area contributed by atoms with Crippen molar-refractivity contribution < 1.29 is 9.59 Å². The van der Waals surface area contributed by atoms with Crippen LogP contribution < -0.4 is 16.0 Å². The van der Waals surface area contributed by atoms with Crippen molar-refractivity contribution in [2.75, 3.05) is 10.6 Å². The summed E-state index contributed by atoms with van der Waals surface area (Å²) >= 11 is 1.21. The number of aryl methyl sites for hydroxylation is 1. The van der Waals surface area contributed by atoms with Crippen molar-refractivity contribution in [2.24, 2.45) is 0 Å². The minimum atomic E-state index is -0.390. The van der Waals surface area contributed by atoms with Gasteiger partial charge in [-0.05, 0) is 38.0 Å². The number of anilines is 2. The zero-order valence-corrected chi connectivity index (χ0v) is 14.2. The maximum Gasteiger partial charge on any atom is 0.325 e. The van der Waals surface area contributed by atoms with E-state index >= 15 is 0 Å². The molecule has 7 heteroatoms. The van der Waals surface area contributed by atoms with Crippen LogP contribution in [-0.4, -0.2) is 23.0 Å². The first-order valence-corrected chi connectivity index (χ1v) is 8.27. The van der Waals surface area contributed by atoms with E-state index in [0.29, 0.717) is 16.5 Å². The van der Waals surface area contributed by atoms with E-state index in [-0.39, 0.29) is 18.0 Å². The van der Waals surface area contributed by atoms with Gasteiger partial charge < -0.3 is 10.6 Å². The molecular formula is C16H20N4O2S. The number of hydrogen-bond donors (Lipinski definition) is 3. The lowest BCUT2D eigenvalue weighted by molar-refractivity contribution is 0.0935. The van der Waals surface area contributed by atoms with E-state index in [0.717, 1.165) is 12.0 Å². The molecule has 2 aromatic rings. The molecule has 1 aromatic carbocycles. The summed E-state index contributed by atoms with van der Waals surface area (Å²) in [6, 6.07) is 7.19. The van der Waals surface area contributed by atoms with Gasteiger partial charge in [0.15, 0.2) is 5.13 Å². The lowest BCUT2D eigenvalue weighted by atomic mass is 10.2. The molecule has 0 aliphatic carbocycles. The molecule has 23 heavy (non-hydrogen) atoms. The minimum absolute atomic E-state index is 0.0882. The first kappa shape index (κ1) is 17.0. The van der Waals surface area contributed by atoms with Gasteiger partial charge in [-0.1, -0.05) is 19.1 Å². The van der Waals surface area contributed by atoms with E-state index in [2.05, 4.69) is 20.9 Å². The number of carbonyl (C=O) groups is 2. The van der Waals surface area contributed by atoms with Crippen LogP contribution in [0.25, 0.3) is 0 Å². The van der Waals surface area contributed by atoms with Crippen LogP contribution in [0.2, 0.25) is 0 Å². The highest BCUT2D eigenvalue weighted by molar-refractivity contribution is 7.14. The van der Waals surface area contributed by atoms with E-state index in [1.807, 2.05) is 39.0 Å². The first-order valence-electron chi connectivity index (χ1n) is 7.39. The number of nitrogens with one attached hydrogen (secondary N) is 3. The zero-order chi connectivity index (χ0) is 16.8. The molecule has 0 radical (unpaired) electrons. The summed E-state index contributed by atoms with van der Waals surface area (Å²) < 4.78 is 0. The van der Waals surface area contributed by atoms with Gasteiger partial charge in [0.2, 0.25) is 0 Å². The Morgan fingerprint density at radius 2 is 2.09 bits per heavy atom. The van der Waals surface area contributed by atoms with Crippen LogP contribution in [-0.2, 0) is 0 Å². The molecule has 0 fully saturated rings. The Morgan fingerprint density at radius 3 is 2.78 bits per heavy atom. The largest absolute Gasteiger partial charge is 0.348 e. The number of amides is 3. The lowest BCUT2D eigenvalue weighted by Gasteiger charge is -2.09. The van der Waals surface area contributed by atoms with Gasteiger partial charge in [0, 0.05) is 17.1 Å². The van der Waals surface area contributed by atoms with Crippen LogP contribution in [0.4, 0.5) is 15.6 Å². The van der Waals surface area contributed by atoms with E-state index in [4.69, 9.17) is 0 Å². The van der Waals surface area contributed by atoms with Crippen LogP contribution in [0, 0.1) is 6.92 Å². The summed E-state index contributed by atoms with van der Waals surface area (Å²) in [5.74, 6) is -0.234. The number of hydrogen-bond acceptors (Lipinski definition) is 4. The summed E-state index contributed by atoms with van der Waals surface area (Å²) in [4.78, 5) is 28.0. The molecule has 6 nitrogen and oxygen atoms in total. The highest BCUT2D eigenvalue weighted by Gasteiger charge is 2.14. The van der Waals surface area contributed by atoms with Crippen molar-refractivity contribution in [3.8, 4) is 0 Å². The van der Waals surface area contributed by atoms with E-state index in [1.54, 1.807) is 11.4 Å². The Bertz CT molecular complexity index is 699. The van der Waals surface area contributed by atoms with Gasteiger partial charge in [0.1, 0.15) is 5.69 Å². The van der Waals surface area contributed by atoms with Crippen molar-refractivity contribution in [2.45, 2.75) is 33.2 Å². The molecule has 1 aromatic heterocycles. The van der Waals surface area contributed by atoms with E-state index < -0.39 is 0 Å². The van der Waals surface area contributed by atoms with Crippen LogP contribution >= 0.6 is 11.3 Å². The maximum atomic E-state index is 11.9. The number of urea groups is 1. The van der Waals surface area contributed by atoms with Gasteiger partial charge in [-0.3, -0.25) is 10.1 Å². The second kappa shape index (κ2) is 7.73. The number of nitrogens with zero attached hydrogens (tertiary/aromatic N) is 1. The van der Waals surface area contributed by atoms with Crippen molar-refractivity contribution in [1.82, 2.24) is 10.3 Å². The SMILES string of the molecule is CCC(C)NC(=O)c1csc(NC(=O)Nc2cccc(C)c2)n1. The number of carbonyl (C=O) groups excluding carboxylic acids is 2. The second-order valence-corrected chi connectivity index (χ2v) is 6.13. The summed E-state index contributed by atoms with van der Waals surface area (Å²) in [6.45, 7) is 5.87. The molecule has 3 amide bonds. The Hall–Kier alpha value is -2.41. The van der Waals surface area contributed by atoms with Gasteiger partial charge in [-0.2, -0.15) is 0 Å². The third-order valence-corrected chi connectivity index (χ3v) is 3.98. The quantitative estimate of drug-likeness (QED) is 0.782. The molecule has 3 N–H and O–H groups in total. The molecule has 0 aliphatic rings. The molecule has 0 bridgehead atoms. The van der Waals surface area contributed by atoms with E-state index in [9.17, 15) is 9.59 Å². The van der Waals surface area contributed by atoms with Crippen LogP contribution in [0.1, 0.15) is 36.3 Å². The van der Waals surface area contributed by atoms with E-state index in [1.165, 1.54) is 11.3 Å². The Labute approximate surface area is 139 Å². The molecule has 0 saturated carbocycles. The first-order chi connectivity index (χ1) is 11.0. The normalized spacial score (nSPS) is 11.6. The molecule has 0 spiro atoms. The minimum Gasteiger partial charge on any atom is -0.348 e. The molecule has 2 rings (SSSR count). The number of benzene rings is 1. The molecule has 1 unspecified atom stereocenters. The van der Waals surface area contributed by atoms with Crippen molar-refractivity contribution in [3.63, 3.8) is 0 Å². The third-order valence-electron chi connectivity index (χ3n) is 3.22. The predicted molar refractivity (Wildman–Crippen MR) is 93.2 cm³/mol. The molecule has 1 heterocycles. The standard InChI is InChI=1S/C16H20N4O2S/c1-4-11(3)17-14(21)13-9-23-16(19-13)20-15(22)18-12-7-5-6-10(2)8-12/h5-9,11H,4H2,1-3H3,(H,17,21)(H2,18,19,20,22). The Morgan fingerprint density at radius 1 is 1.30 bits per heavy atom. The third kappa shape index (κ3) is 5.07. The number of rotatable bonds is 5. The average Bonchev–Trinajstić information content (AvgIpc) is 2.95. The molecule has 1 atom stereocenters. The number of thiazole rings is 1. The highest BCUT2D eigenvalue weighted by Crippen LogP contribution is 2.16. The molecule has 122 valence electrons. The van der Waals surface area contributed by atoms with Gasteiger partial charge in [-0.25, -0.2) is 9.78 Å². The predicted octanol–water partition coefficient (Wildman–Crippen LogP) is 3.62. The zero-order valence-electron chi connectivity index (χ0n) is 13.3. The van der Waals surface area contributed by atoms with Gasteiger partial charge in [0.05, 0.1) is 0 Å². The Kier molecular flexibility index (Phi) is 5.70. The summed E-state index contributed by atoms with van der Waals surface area (Å²) in [5, 5.41) is 10.2. The molecule has 0 saturated heterocycles. The maximum absolute atomic E-state index is 11.9. The summed E-state index contributed by atoms with van der Waals surface area (Å²) in [6.07, 6.45) is 0.847. The monoisotopic (exact) mass is 332 g/mol. The van der Waals surface area contributed by atoms with Gasteiger partial charge in [0.25, 0.3) is 5.91 Å². The van der Waals surface area contributed by atoms with Gasteiger partial charge in [-0.15, -0.1) is 11.3 Å². The fraction of sp³-hybridized carbons (Fsp3) is 0.312. The Balaban J connectivity index is 1.93. The smallest absolute Gasteiger partial charge is 0.325 e. The van der Waals surface area contributed by atoms with Crippen LogP contribution in [0.15, 0.2) is 29.6 Å². The fourth-order valence-electron chi connectivity index (χ4n) is 1.82. The molecular weight excluding hydrogens is 312 g/mol. The van der Waals surface area contributed by atoms with Gasteiger partial charge >= 0.3 is 6.03 Å². The summed E-state index contributed by atoms with van der Waals surface area (Å²) in [5.41, 5.74) is 2.07. The van der Waals surface area contributed by atoms with Crippen molar-refractivity contribution >= 4 is 34.1 Å². The number of aromatic nitrogens is 1. The summed E-state index contributed by atoms with van der Waals surface area (Å²) in [7, 11) is 0.